The number of phenols is 2. The van der Waals surface area contributed by atoms with E-state index in [1.807, 2.05) is 19.1 Å². The Morgan fingerprint density at radius 1 is 1.30 bits per heavy atom. The summed E-state index contributed by atoms with van der Waals surface area (Å²) in [6, 6.07) is 1.52. The zero-order valence-corrected chi connectivity index (χ0v) is 24.4. The van der Waals surface area contributed by atoms with Crippen molar-refractivity contribution in [2.45, 2.75) is 58.2 Å². The number of allylic oxidation sites excluding steroid dienone is 4. The molecule has 0 amide bonds. The minimum atomic E-state index is -0.114. The number of aromatic hydroxyl groups is 2. The van der Waals surface area contributed by atoms with Crippen molar-refractivity contribution in [2.75, 3.05) is 31.4 Å². The first-order chi connectivity index (χ1) is 19.2. The number of aliphatic hydroxyl groups excluding tert-OH is 1. The minimum absolute atomic E-state index is 0.0433. The Kier molecular flexibility index (Phi) is 12.9. The molecule has 220 valence electrons. The first-order valence-electron chi connectivity index (χ1n) is 13.7. The van der Waals surface area contributed by atoms with E-state index in [9.17, 15) is 10.2 Å². The lowest BCUT2D eigenvalue weighted by molar-refractivity contribution is 0.0490. The summed E-state index contributed by atoms with van der Waals surface area (Å²) in [5.74, 6) is 0.843. The molecule has 8 nitrogen and oxygen atoms in total. The summed E-state index contributed by atoms with van der Waals surface area (Å²) >= 11 is 0. The van der Waals surface area contributed by atoms with E-state index >= 15 is 0 Å². The highest BCUT2D eigenvalue weighted by Crippen LogP contribution is 2.43. The number of ether oxygens (including phenoxy) is 2. The molecular weight excluding hydrogens is 506 g/mol. The molecule has 7 N–H and O–H groups in total. The molecule has 1 aromatic carbocycles. The largest absolute Gasteiger partial charge is 0.506 e. The Labute approximate surface area is 239 Å². The molecule has 1 aromatic rings. The van der Waals surface area contributed by atoms with Crippen LogP contribution >= 0.6 is 0 Å². The molecule has 40 heavy (non-hydrogen) atoms. The summed E-state index contributed by atoms with van der Waals surface area (Å²) in [6.07, 6.45) is 13.8. The van der Waals surface area contributed by atoms with Crippen molar-refractivity contribution in [1.82, 2.24) is 0 Å². The lowest BCUT2D eigenvalue weighted by Gasteiger charge is -2.38. The zero-order chi connectivity index (χ0) is 29.8. The molecule has 0 spiro atoms. The van der Waals surface area contributed by atoms with Crippen molar-refractivity contribution in [2.24, 2.45) is 17.6 Å². The van der Waals surface area contributed by atoms with Gasteiger partial charge in [0.05, 0.1) is 17.5 Å². The number of aliphatic hydroxyl groups is 1. The van der Waals surface area contributed by atoms with Gasteiger partial charge in [-0.2, -0.15) is 0 Å². The van der Waals surface area contributed by atoms with Crippen LogP contribution in [0, 0.1) is 11.8 Å². The molecule has 1 saturated carbocycles. The zero-order valence-electron chi connectivity index (χ0n) is 24.4. The fourth-order valence-electron chi connectivity index (χ4n) is 5.04. The number of benzene rings is 1. The topological polar surface area (TPSA) is 129 Å². The third kappa shape index (κ3) is 8.44. The van der Waals surface area contributed by atoms with Gasteiger partial charge < -0.3 is 41.2 Å². The predicted molar refractivity (Wildman–Crippen MR) is 164 cm³/mol. The SMILES string of the molecule is C=CCNc1c(O)cc2c(O)c1CCCC(OC)C(C)C/C=C1\CC(/C=C\C=C(/C)C(=C)N2)C1OC(=C)N.CO. The molecule has 1 aliphatic carbocycles. The first kappa shape index (κ1) is 32.6. The van der Waals surface area contributed by atoms with Crippen LogP contribution in [0.15, 0.2) is 78.9 Å². The molecule has 0 saturated heterocycles. The van der Waals surface area contributed by atoms with Gasteiger partial charge in [-0.1, -0.05) is 43.9 Å². The summed E-state index contributed by atoms with van der Waals surface area (Å²) in [4.78, 5) is 0. The van der Waals surface area contributed by atoms with Crippen molar-refractivity contribution in [3.05, 3.63) is 84.5 Å². The second kappa shape index (κ2) is 15.8. The number of methoxy groups -OCH3 is 1. The van der Waals surface area contributed by atoms with Crippen molar-refractivity contribution < 1.29 is 24.8 Å². The van der Waals surface area contributed by atoms with Gasteiger partial charge in [-0.3, -0.25) is 0 Å². The van der Waals surface area contributed by atoms with Crippen LogP contribution in [0.4, 0.5) is 11.4 Å². The van der Waals surface area contributed by atoms with Gasteiger partial charge in [-0.05, 0) is 62.7 Å². The van der Waals surface area contributed by atoms with Gasteiger partial charge in [0.15, 0.2) is 5.88 Å². The van der Waals surface area contributed by atoms with Crippen LogP contribution in [0.1, 0.15) is 45.1 Å². The highest BCUT2D eigenvalue weighted by molar-refractivity contribution is 5.77. The smallest absolute Gasteiger partial charge is 0.177 e. The fraction of sp³-hybridized carbons (Fsp3) is 0.438. The van der Waals surface area contributed by atoms with E-state index in [2.05, 4.69) is 49.4 Å². The van der Waals surface area contributed by atoms with Crippen LogP contribution in [0.2, 0.25) is 0 Å². The maximum atomic E-state index is 11.2. The second-order valence-corrected chi connectivity index (χ2v) is 10.2. The molecule has 8 heteroatoms. The van der Waals surface area contributed by atoms with E-state index in [1.54, 1.807) is 13.2 Å². The highest BCUT2D eigenvalue weighted by atomic mass is 16.5. The molecule has 4 bridgehead atoms. The number of hydrogen-bond donors (Lipinski definition) is 6. The molecular formula is C32H47N3O5. The summed E-state index contributed by atoms with van der Waals surface area (Å²) in [5.41, 5.74) is 10.1. The normalized spacial score (nSPS) is 26.7. The summed E-state index contributed by atoms with van der Waals surface area (Å²) < 4.78 is 11.7. The van der Waals surface area contributed by atoms with Crippen LogP contribution in [0.3, 0.4) is 0 Å². The van der Waals surface area contributed by atoms with Gasteiger partial charge in [-0.15, -0.1) is 6.58 Å². The molecule has 1 fully saturated rings. The van der Waals surface area contributed by atoms with Crippen LogP contribution in [0.5, 0.6) is 11.5 Å². The molecule has 0 radical (unpaired) electrons. The number of fused-ring (bicyclic) bond motifs is 9. The number of phenolic OH excluding ortho intramolecular Hbond substituents is 2. The maximum Gasteiger partial charge on any atom is 0.177 e. The van der Waals surface area contributed by atoms with Gasteiger partial charge in [0, 0.05) is 44.0 Å². The lowest BCUT2D eigenvalue weighted by atomic mass is 9.75. The van der Waals surface area contributed by atoms with Gasteiger partial charge in [0.2, 0.25) is 0 Å². The average Bonchev–Trinajstić information content (AvgIpc) is 2.93. The average molecular weight is 554 g/mol. The summed E-state index contributed by atoms with van der Waals surface area (Å²) in [5, 5.41) is 35.4. The predicted octanol–water partition coefficient (Wildman–Crippen LogP) is 5.87. The molecule has 4 unspecified atom stereocenters. The Morgan fingerprint density at radius 2 is 2.02 bits per heavy atom. The maximum absolute atomic E-state index is 11.2. The van der Waals surface area contributed by atoms with Crippen molar-refractivity contribution >= 4 is 11.4 Å². The van der Waals surface area contributed by atoms with E-state index in [0.29, 0.717) is 35.6 Å². The number of rotatable bonds is 6. The standard InChI is InChI=1S/C31H43N3O4.CH4O/c1-7-16-33-29-25-12-9-13-28(37-6)20(3)14-15-24-17-23(31(24)38-22(5)32)11-8-10-19(2)21(4)34-26(30(25)36)18-27(29)35;1-2/h7-8,10-11,15,18,20,23,28,31,33-36H,1,4-5,9,12-14,16-17,32H2,2-3,6H3;2H,1H3/b11-8-,19-10+,24-15+;. The van der Waals surface area contributed by atoms with Crippen LogP contribution < -0.4 is 16.4 Å². The van der Waals surface area contributed by atoms with Crippen molar-refractivity contribution in [1.29, 1.82) is 0 Å². The number of nitrogens with two attached hydrogens (primary N) is 1. The summed E-state index contributed by atoms with van der Waals surface area (Å²) in [6.45, 7) is 16.2. The lowest BCUT2D eigenvalue weighted by Crippen LogP contribution is -2.36. The van der Waals surface area contributed by atoms with E-state index in [4.69, 9.17) is 20.3 Å². The molecule has 0 aromatic heterocycles. The number of hydrogen-bond acceptors (Lipinski definition) is 8. The first-order valence-corrected chi connectivity index (χ1v) is 13.7. The van der Waals surface area contributed by atoms with E-state index < -0.39 is 0 Å². The molecule has 2 aliphatic heterocycles. The van der Waals surface area contributed by atoms with E-state index in [1.165, 1.54) is 11.6 Å². The van der Waals surface area contributed by atoms with Crippen molar-refractivity contribution in [3.63, 3.8) is 0 Å². The fourth-order valence-corrected chi connectivity index (χ4v) is 5.04. The second-order valence-electron chi connectivity index (χ2n) is 10.2. The molecule has 3 aliphatic rings. The molecule has 2 heterocycles. The molecule has 4 atom stereocenters. The highest BCUT2D eigenvalue weighted by Gasteiger charge is 2.36. The van der Waals surface area contributed by atoms with Gasteiger partial charge >= 0.3 is 0 Å². The Balaban J connectivity index is 0.00000274. The van der Waals surface area contributed by atoms with E-state index in [0.717, 1.165) is 38.4 Å². The molecule has 4 rings (SSSR count). The quantitative estimate of drug-likeness (QED) is 0.112. The third-order valence-electron chi connectivity index (χ3n) is 7.38. The van der Waals surface area contributed by atoms with Gasteiger partial charge in [-0.25, -0.2) is 0 Å². The number of anilines is 2. The number of nitrogens with one attached hydrogen (secondary N) is 2. The monoisotopic (exact) mass is 553 g/mol. The Bertz CT molecular complexity index is 1140. The van der Waals surface area contributed by atoms with Crippen LogP contribution in [-0.2, 0) is 15.9 Å². The van der Waals surface area contributed by atoms with Crippen LogP contribution in [-0.4, -0.2) is 48.3 Å². The minimum Gasteiger partial charge on any atom is -0.506 e. The summed E-state index contributed by atoms with van der Waals surface area (Å²) in [7, 11) is 2.74. The Morgan fingerprint density at radius 3 is 2.67 bits per heavy atom. The van der Waals surface area contributed by atoms with Gasteiger partial charge in [0.1, 0.15) is 17.6 Å². The van der Waals surface area contributed by atoms with E-state index in [-0.39, 0.29) is 41.4 Å². The van der Waals surface area contributed by atoms with Crippen LogP contribution in [0.25, 0.3) is 0 Å². The third-order valence-corrected chi connectivity index (χ3v) is 7.38. The van der Waals surface area contributed by atoms with Gasteiger partial charge in [0.25, 0.3) is 0 Å². The van der Waals surface area contributed by atoms with Crippen molar-refractivity contribution in [3.8, 4) is 11.5 Å². The Hall–Kier alpha value is -3.62.